The van der Waals surface area contributed by atoms with Crippen molar-refractivity contribution in [2.75, 3.05) is 26.2 Å². The first kappa shape index (κ1) is 23.6. The third-order valence-electron chi connectivity index (χ3n) is 6.09. The van der Waals surface area contributed by atoms with Crippen molar-refractivity contribution in [2.45, 2.75) is 43.9 Å². The fraction of sp³-hybridized carbons (Fsp3) is 0.435. The van der Waals surface area contributed by atoms with Gasteiger partial charge < -0.3 is 9.42 Å². The molecule has 1 aliphatic heterocycles. The Balaban J connectivity index is 1.29. The van der Waals surface area contributed by atoms with Crippen LogP contribution in [0.2, 0.25) is 0 Å². The van der Waals surface area contributed by atoms with Crippen molar-refractivity contribution in [3.05, 3.63) is 52.5 Å². The van der Waals surface area contributed by atoms with Crippen molar-refractivity contribution in [3.8, 4) is 11.4 Å². The molecule has 1 saturated heterocycles. The molecule has 8 nitrogen and oxygen atoms in total. The first-order valence-electron chi connectivity index (χ1n) is 11.1. The third kappa shape index (κ3) is 5.34. The first-order chi connectivity index (χ1) is 15.9. The summed E-state index contributed by atoms with van der Waals surface area (Å²) in [6, 6.07) is 9.06. The first-order valence-corrected chi connectivity index (χ1v) is 13.5. The van der Waals surface area contributed by atoms with E-state index in [1.807, 2.05) is 29.0 Å². The largest absolute Gasteiger partial charge is 0.340 e. The highest BCUT2D eigenvalue weighted by molar-refractivity contribution is 7.89. The van der Waals surface area contributed by atoms with E-state index in [1.54, 1.807) is 28.4 Å². The Hall–Kier alpha value is -2.56. The minimum atomic E-state index is -3.57. The van der Waals surface area contributed by atoms with Gasteiger partial charge in [0.1, 0.15) is 0 Å². The number of thiophene rings is 1. The Bertz CT molecular complexity index is 1170. The van der Waals surface area contributed by atoms with E-state index in [9.17, 15) is 13.2 Å². The summed E-state index contributed by atoms with van der Waals surface area (Å²) in [5, 5.41) is 7.84. The summed E-state index contributed by atoms with van der Waals surface area (Å²) in [5.74, 6) is 1.30. The van der Waals surface area contributed by atoms with Crippen LogP contribution >= 0.6 is 11.3 Å². The van der Waals surface area contributed by atoms with E-state index in [4.69, 9.17) is 4.52 Å². The number of carbonyl (C=O) groups is 1. The molecule has 1 aliphatic rings. The quantitative estimate of drug-likeness (QED) is 0.479. The van der Waals surface area contributed by atoms with E-state index in [2.05, 4.69) is 24.0 Å². The summed E-state index contributed by atoms with van der Waals surface area (Å²) >= 11 is 1.55. The highest BCUT2D eigenvalue weighted by atomic mass is 32.2. The summed E-state index contributed by atoms with van der Waals surface area (Å²) in [4.78, 5) is 19.0. The molecule has 1 fully saturated rings. The van der Waals surface area contributed by atoms with Gasteiger partial charge >= 0.3 is 0 Å². The summed E-state index contributed by atoms with van der Waals surface area (Å²) in [5.41, 5.74) is 2.03. The van der Waals surface area contributed by atoms with E-state index < -0.39 is 10.0 Å². The van der Waals surface area contributed by atoms with E-state index >= 15 is 0 Å². The van der Waals surface area contributed by atoms with Crippen LogP contribution in [-0.2, 0) is 21.2 Å². The van der Waals surface area contributed by atoms with E-state index in [0.29, 0.717) is 42.0 Å². The van der Waals surface area contributed by atoms with E-state index in [0.717, 1.165) is 17.5 Å². The summed E-state index contributed by atoms with van der Waals surface area (Å²) in [6.07, 6.45) is 1.61. The molecule has 2 aromatic heterocycles. The molecule has 0 bridgehead atoms. The number of hydrogen-bond acceptors (Lipinski definition) is 7. The molecule has 3 aromatic rings. The Labute approximate surface area is 198 Å². The van der Waals surface area contributed by atoms with Crippen LogP contribution in [0.4, 0.5) is 0 Å². The molecule has 33 heavy (non-hydrogen) atoms. The molecular formula is C23H28N4O4S2. The minimum absolute atomic E-state index is 0.0414. The third-order valence-corrected chi connectivity index (χ3v) is 8.69. The maximum absolute atomic E-state index is 13.0. The van der Waals surface area contributed by atoms with Gasteiger partial charge in [0, 0.05) is 50.0 Å². The average molecular weight is 489 g/mol. The van der Waals surface area contributed by atoms with Crippen molar-refractivity contribution < 1.29 is 17.7 Å². The lowest BCUT2D eigenvalue weighted by atomic mass is 9.99. The minimum Gasteiger partial charge on any atom is -0.340 e. The van der Waals surface area contributed by atoms with Crippen molar-refractivity contribution in [1.82, 2.24) is 19.3 Å². The fourth-order valence-corrected chi connectivity index (χ4v) is 5.82. The number of aromatic nitrogens is 2. The number of sulfonamides is 1. The lowest BCUT2D eigenvalue weighted by Gasteiger charge is -2.34. The van der Waals surface area contributed by atoms with Crippen LogP contribution in [0.15, 0.2) is 50.5 Å². The van der Waals surface area contributed by atoms with Crippen LogP contribution in [0.25, 0.3) is 11.4 Å². The second-order valence-corrected chi connectivity index (χ2v) is 10.9. The van der Waals surface area contributed by atoms with E-state index in [-0.39, 0.29) is 25.4 Å². The maximum Gasteiger partial charge on any atom is 0.243 e. The predicted octanol–water partition coefficient (Wildman–Crippen LogP) is 3.78. The molecule has 0 saturated carbocycles. The number of aryl methyl sites for hydroxylation is 1. The van der Waals surface area contributed by atoms with Crippen molar-refractivity contribution in [1.29, 1.82) is 0 Å². The standard InChI is InChI=1S/C23H28N4O4S2/c1-3-17(2)18-4-6-20(7-5-18)33(29,30)27-13-11-26(12-14-27)22(28)9-8-21-24-23(25-31-21)19-10-15-32-16-19/h4-7,10,15-17H,3,8-9,11-14H2,1-2H3. The topological polar surface area (TPSA) is 96.6 Å². The Morgan fingerprint density at radius 3 is 2.52 bits per heavy atom. The Kier molecular flexibility index (Phi) is 7.26. The Morgan fingerprint density at radius 2 is 1.88 bits per heavy atom. The van der Waals surface area contributed by atoms with Gasteiger partial charge in [0.05, 0.1) is 4.90 Å². The predicted molar refractivity (Wildman–Crippen MR) is 126 cm³/mol. The zero-order valence-corrected chi connectivity index (χ0v) is 20.4. The molecule has 0 radical (unpaired) electrons. The summed E-state index contributed by atoms with van der Waals surface area (Å²) in [7, 11) is -3.57. The second kappa shape index (κ2) is 10.1. The number of carbonyl (C=O) groups excluding carboxylic acids is 1. The number of amides is 1. The van der Waals surface area contributed by atoms with Crippen LogP contribution in [0.1, 0.15) is 44.1 Å². The van der Waals surface area contributed by atoms with Crippen LogP contribution in [0, 0.1) is 0 Å². The van der Waals surface area contributed by atoms with Gasteiger partial charge in [-0.1, -0.05) is 31.1 Å². The van der Waals surface area contributed by atoms with Gasteiger partial charge in [-0.05, 0) is 41.5 Å². The second-order valence-electron chi connectivity index (χ2n) is 8.19. The molecule has 1 aromatic carbocycles. The number of piperazine rings is 1. The summed E-state index contributed by atoms with van der Waals surface area (Å²) in [6.45, 7) is 5.54. The highest BCUT2D eigenvalue weighted by Gasteiger charge is 2.30. The molecular weight excluding hydrogens is 460 g/mol. The molecule has 4 rings (SSSR count). The molecule has 3 heterocycles. The smallest absolute Gasteiger partial charge is 0.243 e. The zero-order valence-electron chi connectivity index (χ0n) is 18.8. The molecule has 0 aliphatic carbocycles. The average Bonchev–Trinajstić information content (AvgIpc) is 3.54. The van der Waals surface area contributed by atoms with Crippen LogP contribution in [0.3, 0.4) is 0 Å². The van der Waals surface area contributed by atoms with Gasteiger partial charge in [-0.3, -0.25) is 4.79 Å². The van der Waals surface area contributed by atoms with Gasteiger partial charge in [0.2, 0.25) is 27.6 Å². The zero-order chi connectivity index (χ0) is 23.4. The molecule has 176 valence electrons. The normalized spacial score (nSPS) is 16.1. The monoisotopic (exact) mass is 488 g/mol. The molecule has 0 N–H and O–H groups in total. The number of rotatable bonds is 8. The lowest BCUT2D eigenvalue weighted by Crippen LogP contribution is -2.50. The van der Waals surface area contributed by atoms with Gasteiger partial charge in [-0.2, -0.15) is 20.6 Å². The van der Waals surface area contributed by atoms with Gasteiger partial charge in [-0.25, -0.2) is 8.42 Å². The van der Waals surface area contributed by atoms with Crippen LogP contribution in [-0.4, -0.2) is 59.8 Å². The van der Waals surface area contributed by atoms with Gasteiger partial charge in [0.25, 0.3) is 0 Å². The van der Waals surface area contributed by atoms with Gasteiger partial charge in [-0.15, -0.1) is 0 Å². The molecule has 1 atom stereocenters. The molecule has 0 spiro atoms. The molecule has 1 amide bonds. The van der Waals surface area contributed by atoms with Crippen molar-refractivity contribution >= 4 is 27.3 Å². The van der Waals surface area contributed by atoms with E-state index in [1.165, 1.54) is 4.31 Å². The maximum atomic E-state index is 13.0. The van der Waals surface area contributed by atoms with Gasteiger partial charge in [0.15, 0.2) is 0 Å². The van der Waals surface area contributed by atoms with Crippen LogP contribution < -0.4 is 0 Å². The SMILES string of the molecule is CCC(C)c1ccc(S(=O)(=O)N2CCN(C(=O)CCc3nc(-c4ccsc4)no3)CC2)cc1. The fourth-order valence-electron chi connectivity index (χ4n) is 3.77. The highest BCUT2D eigenvalue weighted by Crippen LogP contribution is 2.23. The van der Waals surface area contributed by atoms with Crippen molar-refractivity contribution in [2.24, 2.45) is 0 Å². The lowest BCUT2D eigenvalue weighted by molar-refractivity contribution is -0.132. The Morgan fingerprint density at radius 1 is 1.15 bits per heavy atom. The van der Waals surface area contributed by atoms with Crippen molar-refractivity contribution in [3.63, 3.8) is 0 Å². The van der Waals surface area contributed by atoms with Crippen LogP contribution in [0.5, 0.6) is 0 Å². The number of nitrogens with zero attached hydrogens (tertiary/aromatic N) is 4. The molecule has 1 unspecified atom stereocenters. The molecule has 10 heteroatoms. The summed E-state index contributed by atoms with van der Waals surface area (Å²) < 4.78 is 32.8. The number of hydrogen-bond donors (Lipinski definition) is 0. The number of benzene rings is 1.